The van der Waals surface area contributed by atoms with E-state index in [0.717, 1.165) is 25.7 Å². The number of halogens is 2. The van der Waals surface area contributed by atoms with Gasteiger partial charge in [0.2, 0.25) is 0 Å². The van der Waals surface area contributed by atoms with Gasteiger partial charge in [0.15, 0.2) is 0 Å². The number of pyridine rings is 2. The van der Waals surface area contributed by atoms with Crippen LogP contribution in [0.5, 0.6) is 0 Å². The highest BCUT2D eigenvalue weighted by atomic mass is 127. The Kier molecular flexibility index (Phi) is 5.38. The van der Waals surface area contributed by atoms with Crippen molar-refractivity contribution in [2.45, 2.75) is 6.92 Å². The number of benzene rings is 1. The molecule has 0 bridgehead atoms. The van der Waals surface area contributed by atoms with Crippen LogP contribution in [-0.2, 0) is 0 Å². The molecule has 2 heterocycles. The molecule has 0 spiro atoms. The summed E-state index contributed by atoms with van der Waals surface area (Å²) in [5.41, 5.74) is 9.20. The molecule has 3 aromatic rings. The number of carbonyl (C=O) groups excluding carboxylic acids is 1. The zero-order chi connectivity index (χ0) is 15.7. The van der Waals surface area contributed by atoms with Gasteiger partial charge in [-0.2, -0.15) is 0 Å². The minimum atomic E-state index is -0.516. The third kappa shape index (κ3) is 3.53. The van der Waals surface area contributed by atoms with E-state index >= 15 is 0 Å². The number of nitrogens with one attached hydrogen (secondary N) is 1. The van der Waals surface area contributed by atoms with Crippen LogP contribution >= 0.6 is 35.0 Å². The fraction of sp³-hybridized carbons (Fsp3) is 0.0625. The van der Waals surface area contributed by atoms with Crippen molar-refractivity contribution in [1.29, 1.82) is 0 Å². The SMILES string of the molecule is Cc1cc(I)cc2c(Nc3cccnc3)c(C(N)=O)cnc12.Cl. The molecule has 23 heavy (non-hydrogen) atoms. The van der Waals surface area contributed by atoms with Gasteiger partial charge in [-0.3, -0.25) is 14.8 Å². The van der Waals surface area contributed by atoms with Crippen LogP contribution in [0, 0.1) is 10.5 Å². The normalized spacial score (nSPS) is 10.2. The molecule has 5 nitrogen and oxygen atoms in total. The van der Waals surface area contributed by atoms with Gasteiger partial charge < -0.3 is 11.1 Å². The van der Waals surface area contributed by atoms with Gasteiger partial charge in [-0.1, -0.05) is 0 Å². The van der Waals surface area contributed by atoms with Crippen LogP contribution in [0.4, 0.5) is 11.4 Å². The quantitative estimate of drug-likeness (QED) is 0.607. The molecule has 0 atom stereocenters. The van der Waals surface area contributed by atoms with Gasteiger partial charge in [0, 0.05) is 21.4 Å². The van der Waals surface area contributed by atoms with E-state index in [1.807, 2.05) is 31.2 Å². The lowest BCUT2D eigenvalue weighted by Crippen LogP contribution is -2.14. The fourth-order valence-corrected chi connectivity index (χ4v) is 3.12. The Morgan fingerprint density at radius 3 is 2.74 bits per heavy atom. The number of aryl methyl sites for hydroxylation is 1. The van der Waals surface area contributed by atoms with Crippen LogP contribution in [0.15, 0.2) is 42.9 Å². The first-order chi connectivity index (χ1) is 10.6. The first-order valence-corrected chi connectivity index (χ1v) is 7.70. The minimum absolute atomic E-state index is 0. The predicted molar refractivity (Wildman–Crippen MR) is 102 cm³/mol. The molecule has 0 saturated carbocycles. The predicted octanol–water partition coefficient (Wildman–Crippen LogP) is 3.81. The van der Waals surface area contributed by atoms with E-state index in [4.69, 9.17) is 5.73 Å². The third-order valence-electron chi connectivity index (χ3n) is 3.32. The molecular formula is C16H14ClIN4O. The van der Waals surface area contributed by atoms with E-state index in [9.17, 15) is 4.79 Å². The first kappa shape index (κ1) is 17.4. The van der Waals surface area contributed by atoms with Crippen LogP contribution in [0.25, 0.3) is 10.9 Å². The summed E-state index contributed by atoms with van der Waals surface area (Å²) < 4.78 is 1.07. The van der Waals surface area contributed by atoms with Crippen molar-refractivity contribution in [3.63, 3.8) is 0 Å². The van der Waals surface area contributed by atoms with E-state index in [-0.39, 0.29) is 12.4 Å². The van der Waals surface area contributed by atoms with Gasteiger partial charge >= 0.3 is 0 Å². The molecule has 0 radical (unpaired) electrons. The molecule has 118 valence electrons. The fourth-order valence-electron chi connectivity index (χ4n) is 2.34. The van der Waals surface area contributed by atoms with Crippen LogP contribution < -0.4 is 11.1 Å². The number of primary amides is 1. The Labute approximate surface area is 153 Å². The zero-order valence-electron chi connectivity index (χ0n) is 12.2. The molecule has 2 aromatic heterocycles. The molecule has 0 aliphatic heterocycles. The average Bonchev–Trinajstić information content (AvgIpc) is 2.48. The van der Waals surface area contributed by atoms with E-state index in [0.29, 0.717) is 11.3 Å². The summed E-state index contributed by atoms with van der Waals surface area (Å²) in [6.45, 7) is 2.00. The smallest absolute Gasteiger partial charge is 0.252 e. The Morgan fingerprint density at radius 2 is 2.09 bits per heavy atom. The summed E-state index contributed by atoms with van der Waals surface area (Å²) in [4.78, 5) is 20.2. The number of carbonyl (C=O) groups is 1. The number of amides is 1. The van der Waals surface area contributed by atoms with Gasteiger partial charge in [0.25, 0.3) is 5.91 Å². The number of anilines is 2. The molecule has 0 unspecified atom stereocenters. The van der Waals surface area contributed by atoms with Crippen LogP contribution in [-0.4, -0.2) is 15.9 Å². The summed E-state index contributed by atoms with van der Waals surface area (Å²) in [5, 5.41) is 4.11. The highest BCUT2D eigenvalue weighted by Crippen LogP contribution is 2.31. The standard InChI is InChI=1S/C16H13IN4O.ClH/c1-9-5-10(17)6-12-14(9)20-8-13(16(18)22)15(12)21-11-3-2-4-19-7-11;/h2-8H,1H3,(H2,18,22)(H,20,21);1H. The molecule has 3 rings (SSSR count). The van der Waals surface area contributed by atoms with E-state index < -0.39 is 5.91 Å². The summed E-state index contributed by atoms with van der Waals surface area (Å²) in [6, 6.07) is 7.74. The summed E-state index contributed by atoms with van der Waals surface area (Å²) >= 11 is 2.25. The van der Waals surface area contributed by atoms with E-state index in [1.54, 1.807) is 12.4 Å². The van der Waals surface area contributed by atoms with Crippen LogP contribution in [0.3, 0.4) is 0 Å². The number of hydrogen-bond donors (Lipinski definition) is 2. The molecule has 0 aliphatic carbocycles. The maximum atomic E-state index is 11.8. The maximum absolute atomic E-state index is 11.8. The topological polar surface area (TPSA) is 80.9 Å². The number of fused-ring (bicyclic) bond motifs is 1. The minimum Gasteiger partial charge on any atom is -0.365 e. The molecule has 1 amide bonds. The molecular weight excluding hydrogens is 427 g/mol. The van der Waals surface area contributed by atoms with Crippen molar-refractivity contribution in [3.05, 3.63) is 57.6 Å². The van der Waals surface area contributed by atoms with Crippen molar-refractivity contribution in [2.24, 2.45) is 5.73 Å². The Balaban J connectivity index is 0.00000192. The number of rotatable bonds is 3. The Morgan fingerprint density at radius 1 is 1.30 bits per heavy atom. The van der Waals surface area contributed by atoms with Gasteiger partial charge in [-0.25, -0.2) is 0 Å². The molecule has 0 saturated heterocycles. The molecule has 0 fully saturated rings. The summed E-state index contributed by atoms with van der Waals surface area (Å²) in [7, 11) is 0. The lowest BCUT2D eigenvalue weighted by Gasteiger charge is -2.14. The Hall–Kier alpha value is -1.93. The maximum Gasteiger partial charge on any atom is 0.252 e. The third-order valence-corrected chi connectivity index (χ3v) is 3.95. The second kappa shape index (κ2) is 7.10. The number of aromatic nitrogens is 2. The number of hydrogen-bond acceptors (Lipinski definition) is 4. The van der Waals surface area contributed by atoms with E-state index in [1.165, 1.54) is 6.20 Å². The van der Waals surface area contributed by atoms with Crippen LogP contribution in [0.2, 0.25) is 0 Å². The summed E-state index contributed by atoms with van der Waals surface area (Å²) in [5.74, 6) is -0.516. The largest absolute Gasteiger partial charge is 0.365 e. The number of nitrogens with zero attached hydrogens (tertiary/aromatic N) is 2. The second-order valence-electron chi connectivity index (χ2n) is 4.90. The molecule has 3 N–H and O–H groups in total. The monoisotopic (exact) mass is 440 g/mol. The highest BCUT2D eigenvalue weighted by molar-refractivity contribution is 14.1. The van der Waals surface area contributed by atoms with Gasteiger partial charge in [0.1, 0.15) is 0 Å². The molecule has 0 aliphatic rings. The molecule has 1 aromatic carbocycles. The van der Waals surface area contributed by atoms with Gasteiger partial charge in [0.05, 0.1) is 28.7 Å². The van der Waals surface area contributed by atoms with Crippen LogP contribution in [0.1, 0.15) is 15.9 Å². The van der Waals surface area contributed by atoms with Crippen molar-refractivity contribution in [1.82, 2.24) is 9.97 Å². The molecule has 7 heteroatoms. The second-order valence-corrected chi connectivity index (χ2v) is 6.14. The van der Waals surface area contributed by atoms with Crippen molar-refractivity contribution >= 4 is 63.2 Å². The lowest BCUT2D eigenvalue weighted by molar-refractivity contribution is 0.100. The van der Waals surface area contributed by atoms with Crippen molar-refractivity contribution in [2.75, 3.05) is 5.32 Å². The highest BCUT2D eigenvalue weighted by Gasteiger charge is 2.15. The van der Waals surface area contributed by atoms with Crippen molar-refractivity contribution in [3.8, 4) is 0 Å². The van der Waals surface area contributed by atoms with Crippen molar-refractivity contribution < 1.29 is 4.79 Å². The van der Waals surface area contributed by atoms with Gasteiger partial charge in [-0.15, -0.1) is 12.4 Å². The first-order valence-electron chi connectivity index (χ1n) is 6.62. The lowest BCUT2D eigenvalue weighted by atomic mass is 10.1. The zero-order valence-corrected chi connectivity index (χ0v) is 15.2. The summed E-state index contributed by atoms with van der Waals surface area (Å²) in [6.07, 6.45) is 4.90. The number of nitrogens with two attached hydrogens (primary N) is 1. The Bertz CT molecular complexity index is 871. The van der Waals surface area contributed by atoms with E-state index in [2.05, 4.69) is 37.9 Å². The van der Waals surface area contributed by atoms with Gasteiger partial charge in [-0.05, 0) is 59.3 Å². The average molecular weight is 441 g/mol.